The van der Waals surface area contributed by atoms with Crippen LogP contribution in [0.3, 0.4) is 0 Å². The van der Waals surface area contributed by atoms with Crippen LogP contribution in [0, 0.1) is 5.82 Å². The predicted octanol–water partition coefficient (Wildman–Crippen LogP) is 6.25. The summed E-state index contributed by atoms with van der Waals surface area (Å²) < 4.78 is 30.1. The lowest BCUT2D eigenvalue weighted by Crippen LogP contribution is -2.32. The molecule has 1 unspecified atom stereocenters. The topological polar surface area (TPSA) is 119 Å². The Morgan fingerprint density at radius 2 is 1.91 bits per heavy atom. The van der Waals surface area contributed by atoms with Crippen LogP contribution in [0.25, 0.3) is 0 Å². The molecule has 2 N–H and O–H groups in total. The summed E-state index contributed by atoms with van der Waals surface area (Å²) in [6, 6.07) is 21.0. The maximum atomic E-state index is 14.4. The highest BCUT2D eigenvalue weighted by molar-refractivity contribution is 8.15. The van der Waals surface area contributed by atoms with Crippen molar-refractivity contribution in [1.29, 1.82) is 0 Å². The number of ether oxygens (including phenoxy) is 3. The lowest BCUT2D eigenvalue weighted by Gasteiger charge is -2.19. The maximum Gasteiger partial charge on any atom is 0.407 e. The molecule has 0 saturated carbocycles. The molecule has 0 aliphatic carbocycles. The van der Waals surface area contributed by atoms with Crippen LogP contribution in [0.15, 0.2) is 102 Å². The number of nitrogens with zero attached hydrogens (tertiary/aromatic N) is 2. The Bertz CT molecular complexity index is 1650. The molecule has 0 bridgehead atoms. The number of amides is 3. The van der Waals surface area contributed by atoms with E-state index in [1.807, 2.05) is 42.5 Å². The van der Waals surface area contributed by atoms with Gasteiger partial charge < -0.3 is 24.8 Å². The molecule has 2 heterocycles. The van der Waals surface area contributed by atoms with E-state index < -0.39 is 17.2 Å². The van der Waals surface area contributed by atoms with E-state index in [1.54, 1.807) is 36.6 Å². The molecule has 0 spiro atoms. The number of nitrogens with one attached hydrogen (secondary N) is 2. The van der Waals surface area contributed by atoms with Gasteiger partial charge in [-0.15, -0.1) is 0 Å². The molecule has 3 amide bonds. The van der Waals surface area contributed by atoms with Crippen molar-refractivity contribution in [3.63, 3.8) is 0 Å². The van der Waals surface area contributed by atoms with Crippen LogP contribution < -0.4 is 15.4 Å². The highest BCUT2D eigenvalue weighted by Gasteiger charge is 2.39. The summed E-state index contributed by atoms with van der Waals surface area (Å²) in [5.74, 6) is -0.334. The minimum Gasteiger partial charge on any atom is -0.494 e. The number of rotatable bonds is 12. The van der Waals surface area contributed by atoms with Gasteiger partial charge in [0.15, 0.2) is 16.7 Å². The van der Waals surface area contributed by atoms with Crippen molar-refractivity contribution in [2.24, 2.45) is 4.99 Å². The zero-order valence-electron chi connectivity index (χ0n) is 25.1. The Hall–Kier alpha value is -5.10. The lowest BCUT2D eigenvalue weighted by molar-refractivity contribution is -0.126. The van der Waals surface area contributed by atoms with Gasteiger partial charge in [-0.05, 0) is 54.0 Å². The van der Waals surface area contributed by atoms with Crippen molar-refractivity contribution >= 4 is 46.2 Å². The normalized spacial score (nSPS) is 16.5. The summed E-state index contributed by atoms with van der Waals surface area (Å²) in [4.78, 5) is 44.1. The number of allylic oxidation sites excluding steroid dienone is 2. The standard InChI is InChI=1S/C34H33FN4O6S/c1-43-29-15-14-26(21-28(29)35)38-33-39(22-27-9-5-6-19-44-27)32(41)31(46-33)24-10-12-25(13-11-24)37-30(40)16-18-36-34(42)45-20-17-23-7-3-2-4-8-23/h2-4,6-15,19,21,31H,5,16-18,20,22H2,1H3,(H,36,42)(H,37,40). The molecule has 3 aromatic rings. The number of methoxy groups -OCH3 is 1. The molecule has 1 saturated heterocycles. The number of carbonyl (C=O) groups excluding carboxylic acids is 3. The number of thioether (sulfide) groups is 1. The van der Waals surface area contributed by atoms with Crippen LogP contribution in [-0.2, 0) is 25.5 Å². The van der Waals surface area contributed by atoms with Crippen LogP contribution in [-0.4, -0.2) is 54.8 Å². The Morgan fingerprint density at radius 3 is 2.63 bits per heavy atom. The number of carbonyl (C=O) groups is 3. The number of hydrogen-bond acceptors (Lipinski definition) is 8. The highest BCUT2D eigenvalue weighted by atomic mass is 32.2. The van der Waals surface area contributed by atoms with Gasteiger partial charge in [-0.3, -0.25) is 14.5 Å². The molecule has 12 heteroatoms. The monoisotopic (exact) mass is 644 g/mol. The average Bonchev–Trinajstić information content (AvgIpc) is 3.36. The van der Waals surface area contributed by atoms with Crippen molar-refractivity contribution < 1.29 is 33.0 Å². The van der Waals surface area contributed by atoms with Gasteiger partial charge in [0.05, 0.1) is 32.2 Å². The van der Waals surface area contributed by atoms with Gasteiger partial charge in [0.1, 0.15) is 11.0 Å². The van der Waals surface area contributed by atoms with Crippen molar-refractivity contribution in [2.45, 2.75) is 24.5 Å². The third-order valence-electron chi connectivity index (χ3n) is 7.00. The van der Waals surface area contributed by atoms with E-state index in [2.05, 4.69) is 15.6 Å². The average molecular weight is 645 g/mol. The highest BCUT2D eigenvalue weighted by Crippen LogP contribution is 2.41. The lowest BCUT2D eigenvalue weighted by atomic mass is 10.1. The Kier molecular flexibility index (Phi) is 11.1. The summed E-state index contributed by atoms with van der Waals surface area (Å²) in [6.07, 6.45) is 6.10. The molecule has 238 valence electrons. The molecule has 46 heavy (non-hydrogen) atoms. The van der Waals surface area contributed by atoms with Gasteiger partial charge in [0.25, 0.3) is 0 Å². The first-order chi connectivity index (χ1) is 22.4. The third-order valence-corrected chi connectivity index (χ3v) is 8.23. The van der Waals surface area contributed by atoms with Gasteiger partial charge in [-0.1, -0.05) is 54.2 Å². The molecule has 0 radical (unpaired) electrons. The molecule has 2 aliphatic rings. The van der Waals surface area contributed by atoms with E-state index in [4.69, 9.17) is 14.2 Å². The van der Waals surface area contributed by atoms with E-state index in [1.165, 1.54) is 35.9 Å². The quantitative estimate of drug-likeness (QED) is 0.239. The van der Waals surface area contributed by atoms with Crippen LogP contribution >= 0.6 is 11.8 Å². The van der Waals surface area contributed by atoms with Gasteiger partial charge in [-0.2, -0.15) is 0 Å². The van der Waals surface area contributed by atoms with Crippen LogP contribution in [0.5, 0.6) is 5.75 Å². The predicted molar refractivity (Wildman–Crippen MR) is 174 cm³/mol. The van der Waals surface area contributed by atoms with Gasteiger partial charge in [0.2, 0.25) is 11.8 Å². The second kappa shape index (κ2) is 15.8. The molecular formula is C34H33FN4O6S. The smallest absolute Gasteiger partial charge is 0.407 e. The summed E-state index contributed by atoms with van der Waals surface area (Å²) in [5.41, 5.74) is 2.66. The number of hydrogen-bond donors (Lipinski definition) is 2. The SMILES string of the molecule is COc1ccc(N=C2SC(c3ccc(NC(=O)CCNC(=O)OCCc4ccccc4)cc3)C(=O)N2CC2=CCC=CO2)cc1F. The summed E-state index contributed by atoms with van der Waals surface area (Å²) >= 11 is 1.25. The summed E-state index contributed by atoms with van der Waals surface area (Å²) in [6.45, 7) is 0.532. The number of benzene rings is 3. The first kappa shape index (κ1) is 32.3. The Morgan fingerprint density at radius 1 is 1.11 bits per heavy atom. The van der Waals surface area contributed by atoms with Crippen LogP contribution in [0.1, 0.15) is 29.2 Å². The number of alkyl carbamates (subject to hydrolysis) is 1. The Balaban J connectivity index is 1.16. The third kappa shape index (κ3) is 8.75. The van der Waals surface area contributed by atoms with Gasteiger partial charge in [-0.25, -0.2) is 14.2 Å². The molecular weight excluding hydrogens is 611 g/mol. The van der Waals surface area contributed by atoms with Gasteiger partial charge >= 0.3 is 6.09 Å². The zero-order chi connectivity index (χ0) is 32.3. The number of aliphatic imine (C=N–C) groups is 1. The minimum atomic E-state index is -0.608. The number of amidine groups is 1. The maximum absolute atomic E-state index is 14.4. The number of anilines is 1. The van der Waals surface area contributed by atoms with Gasteiger partial charge in [0, 0.05) is 31.1 Å². The van der Waals surface area contributed by atoms with E-state index in [-0.39, 0.29) is 43.7 Å². The summed E-state index contributed by atoms with van der Waals surface area (Å²) in [5, 5.41) is 5.17. The fourth-order valence-electron chi connectivity index (χ4n) is 4.63. The molecule has 5 rings (SSSR count). The zero-order valence-corrected chi connectivity index (χ0v) is 25.9. The largest absolute Gasteiger partial charge is 0.494 e. The molecule has 1 atom stereocenters. The molecule has 10 nitrogen and oxygen atoms in total. The van der Waals surface area contributed by atoms with Crippen LogP contribution in [0.2, 0.25) is 0 Å². The second-order valence-electron chi connectivity index (χ2n) is 10.2. The van der Waals surface area contributed by atoms with E-state index in [9.17, 15) is 18.8 Å². The minimum absolute atomic E-state index is 0.0559. The second-order valence-corrected chi connectivity index (χ2v) is 11.3. The van der Waals surface area contributed by atoms with E-state index in [0.717, 1.165) is 5.56 Å². The van der Waals surface area contributed by atoms with E-state index in [0.29, 0.717) is 40.7 Å². The van der Waals surface area contributed by atoms with E-state index >= 15 is 0 Å². The van der Waals surface area contributed by atoms with Crippen molar-refractivity contribution in [2.75, 3.05) is 32.1 Å². The van der Waals surface area contributed by atoms with Crippen molar-refractivity contribution in [1.82, 2.24) is 10.2 Å². The molecule has 0 aromatic heterocycles. The fraction of sp³-hybridized carbons (Fsp3) is 0.235. The number of halogens is 1. The molecule has 1 fully saturated rings. The van der Waals surface area contributed by atoms with Crippen molar-refractivity contribution in [3.8, 4) is 5.75 Å². The summed E-state index contributed by atoms with van der Waals surface area (Å²) in [7, 11) is 1.38. The molecule has 2 aliphatic heterocycles. The fourth-order valence-corrected chi connectivity index (χ4v) is 5.80. The van der Waals surface area contributed by atoms with Crippen LogP contribution in [0.4, 0.5) is 20.6 Å². The first-order valence-corrected chi connectivity index (χ1v) is 15.5. The first-order valence-electron chi connectivity index (χ1n) is 14.6. The Labute approximate surface area is 270 Å². The molecule has 3 aromatic carbocycles. The van der Waals surface area contributed by atoms with Crippen molar-refractivity contribution in [3.05, 3.63) is 114 Å².